The number of anilines is 2. The predicted molar refractivity (Wildman–Crippen MR) is 95.7 cm³/mol. The third-order valence-corrected chi connectivity index (χ3v) is 3.85. The Morgan fingerprint density at radius 1 is 1.40 bits per heavy atom. The van der Waals surface area contributed by atoms with Crippen molar-refractivity contribution < 1.29 is 13.6 Å². The summed E-state index contributed by atoms with van der Waals surface area (Å²) in [6.45, 7) is -0.00586. The van der Waals surface area contributed by atoms with E-state index in [2.05, 4.69) is 20.3 Å². The van der Waals surface area contributed by atoms with Crippen LogP contribution in [0.15, 0.2) is 24.8 Å². The van der Waals surface area contributed by atoms with Crippen molar-refractivity contribution in [2.45, 2.75) is 13.5 Å². The summed E-state index contributed by atoms with van der Waals surface area (Å²) >= 11 is 5.96. The van der Waals surface area contributed by atoms with Gasteiger partial charge in [-0.2, -0.15) is 0 Å². The van der Waals surface area contributed by atoms with Crippen molar-refractivity contribution in [1.82, 2.24) is 24.8 Å². The Balaban J connectivity index is 2.06. The standard InChI is InChI=1S/C16H17ClN6O2/c1-4-23-8-21-11-7-20-15(14(25-3)13(11)23)22-10-5-12(17)19-6-9(10)16(24)18-2/h5-8H,4H2,1-3H3,(H,18,24)(H,19,20,22)/i2D3. The molecule has 0 spiro atoms. The van der Waals surface area contributed by atoms with Gasteiger partial charge in [-0.15, -0.1) is 0 Å². The van der Waals surface area contributed by atoms with Crippen LogP contribution in [0.2, 0.25) is 5.15 Å². The highest BCUT2D eigenvalue weighted by molar-refractivity contribution is 6.29. The fraction of sp³-hybridized carbons (Fsp3) is 0.250. The van der Waals surface area contributed by atoms with E-state index in [0.29, 0.717) is 23.6 Å². The number of hydrogen-bond donors (Lipinski definition) is 2. The molecule has 9 heteroatoms. The first-order valence-corrected chi connectivity index (χ1v) is 7.74. The molecule has 0 saturated carbocycles. The molecule has 0 fully saturated rings. The van der Waals surface area contributed by atoms with Crippen molar-refractivity contribution in [3.8, 4) is 5.75 Å². The van der Waals surface area contributed by atoms with E-state index in [4.69, 9.17) is 20.5 Å². The lowest BCUT2D eigenvalue weighted by atomic mass is 10.2. The SMILES string of the molecule is [2H]C([2H])([2H])NC(=O)c1cnc(Cl)cc1Nc1ncc2ncn(CC)c2c1OC. The number of halogens is 1. The molecule has 0 aliphatic rings. The average molecular weight is 364 g/mol. The molecule has 0 aliphatic carbocycles. The van der Waals surface area contributed by atoms with Gasteiger partial charge in [-0.1, -0.05) is 11.6 Å². The topological polar surface area (TPSA) is 94.0 Å². The third-order valence-electron chi connectivity index (χ3n) is 3.64. The van der Waals surface area contributed by atoms with Gasteiger partial charge in [0, 0.05) is 23.8 Å². The number of aryl methyl sites for hydroxylation is 1. The molecule has 0 bridgehead atoms. The van der Waals surface area contributed by atoms with Gasteiger partial charge < -0.3 is 19.9 Å². The van der Waals surface area contributed by atoms with Gasteiger partial charge in [0.1, 0.15) is 16.2 Å². The summed E-state index contributed by atoms with van der Waals surface area (Å²) in [7, 11) is 1.50. The first-order chi connectivity index (χ1) is 13.2. The third kappa shape index (κ3) is 3.08. The van der Waals surface area contributed by atoms with Crippen LogP contribution in [0.4, 0.5) is 11.5 Å². The van der Waals surface area contributed by atoms with Crippen LogP contribution < -0.4 is 15.4 Å². The largest absolute Gasteiger partial charge is 0.491 e. The van der Waals surface area contributed by atoms with Crippen LogP contribution in [0, 0.1) is 0 Å². The summed E-state index contributed by atoms with van der Waals surface area (Å²) in [6, 6.07) is 1.40. The smallest absolute Gasteiger partial charge is 0.254 e. The zero-order valence-corrected chi connectivity index (χ0v) is 14.3. The summed E-state index contributed by atoms with van der Waals surface area (Å²) < 4.78 is 29.1. The van der Waals surface area contributed by atoms with Crippen molar-refractivity contribution in [2.75, 3.05) is 19.4 Å². The van der Waals surface area contributed by atoms with E-state index in [1.54, 1.807) is 12.5 Å². The number of imidazole rings is 1. The molecule has 3 heterocycles. The number of aromatic nitrogens is 4. The van der Waals surface area contributed by atoms with Gasteiger partial charge in [-0.05, 0) is 13.0 Å². The minimum atomic E-state index is -2.64. The van der Waals surface area contributed by atoms with Crippen LogP contribution in [0.25, 0.3) is 11.0 Å². The Morgan fingerprint density at radius 3 is 2.96 bits per heavy atom. The summed E-state index contributed by atoms with van der Waals surface area (Å²) in [5.74, 6) is -0.0901. The Kier molecular flexibility index (Phi) is 3.73. The number of methoxy groups -OCH3 is 1. The van der Waals surface area contributed by atoms with Gasteiger partial charge in [0.15, 0.2) is 11.6 Å². The molecule has 0 aromatic carbocycles. The molecule has 0 atom stereocenters. The second kappa shape index (κ2) is 6.94. The Hall–Kier alpha value is -2.87. The van der Waals surface area contributed by atoms with Crippen LogP contribution in [0.3, 0.4) is 0 Å². The van der Waals surface area contributed by atoms with Crippen LogP contribution in [-0.2, 0) is 6.54 Å². The molecule has 8 nitrogen and oxygen atoms in total. The maximum Gasteiger partial charge on any atom is 0.254 e. The van der Waals surface area contributed by atoms with E-state index >= 15 is 0 Å². The van der Waals surface area contributed by atoms with Crippen LogP contribution in [-0.4, -0.2) is 39.5 Å². The zero-order chi connectivity index (χ0) is 20.5. The number of rotatable bonds is 5. The minimum Gasteiger partial charge on any atom is -0.491 e. The van der Waals surface area contributed by atoms with E-state index in [-0.39, 0.29) is 16.4 Å². The molecule has 0 aliphatic heterocycles. The fourth-order valence-electron chi connectivity index (χ4n) is 2.47. The number of hydrogen-bond acceptors (Lipinski definition) is 6. The first kappa shape index (κ1) is 13.4. The van der Waals surface area contributed by atoms with Gasteiger partial charge in [-0.25, -0.2) is 15.0 Å². The number of amides is 1. The number of carbonyl (C=O) groups excluding carboxylic acids is 1. The van der Waals surface area contributed by atoms with Crippen LogP contribution in [0.5, 0.6) is 5.75 Å². The van der Waals surface area contributed by atoms with E-state index in [0.717, 1.165) is 5.52 Å². The van der Waals surface area contributed by atoms with Crippen molar-refractivity contribution in [3.05, 3.63) is 35.5 Å². The summed E-state index contributed by atoms with van der Waals surface area (Å²) in [4.78, 5) is 24.8. The monoisotopic (exact) mass is 363 g/mol. The Morgan fingerprint density at radius 2 is 2.24 bits per heavy atom. The predicted octanol–water partition coefficient (Wildman–Crippen LogP) is 2.61. The highest BCUT2D eigenvalue weighted by atomic mass is 35.5. The number of nitrogens with one attached hydrogen (secondary N) is 2. The molecule has 25 heavy (non-hydrogen) atoms. The lowest BCUT2D eigenvalue weighted by molar-refractivity contribution is 0.0963. The number of carbonyl (C=O) groups is 1. The highest BCUT2D eigenvalue weighted by Gasteiger charge is 2.18. The zero-order valence-electron chi connectivity index (χ0n) is 16.5. The maximum atomic E-state index is 12.3. The van der Waals surface area contributed by atoms with E-state index in [9.17, 15) is 4.79 Å². The van der Waals surface area contributed by atoms with Crippen molar-refractivity contribution >= 4 is 40.0 Å². The second-order valence-electron chi connectivity index (χ2n) is 5.04. The highest BCUT2D eigenvalue weighted by Crippen LogP contribution is 2.34. The first-order valence-electron chi connectivity index (χ1n) is 8.86. The molecular formula is C16H17ClN6O2. The number of pyridine rings is 2. The fourth-order valence-corrected chi connectivity index (χ4v) is 2.62. The molecule has 1 amide bonds. The summed E-state index contributed by atoms with van der Waals surface area (Å²) in [5.41, 5.74) is 1.61. The van der Waals surface area contributed by atoms with Gasteiger partial charge >= 0.3 is 0 Å². The molecule has 3 rings (SSSR count). The summed E-state index contributed by atoms with van der Waals surface area (Å²) in [6.07, 6.45) is 4.43. The molecule has 0 unspecified atom stereocenters. The molecule has 0 saturated heterocycles. The lowest BCUT2D eigenvalue weighted by Crippen LogP contribution is -2.19. The molecule has 3 aromatic rings. The average Bonchev–Trinajstić information content (AvgIpc) is 3.03. The normalized spacial score (nSPS) is 13.0. The molecule has 130 valence electrons. The van der Waals surface area contributed by atoms with E-state index < -0.39 is 12.9 Å². The number of nitrogens with zero attached hydrogens (tertiary/aromatic N) is 4. The van der Waals surface area contributed by atoms with Crippen molar-refractivity contribution in [3.63, 3.8) is 0 Å². The Bertz CT molecular complexity index is 1040. The van der Waals surface area contributed by atoms with Gasteiger partial charge in [0.05, 0.1) is 30.9 Å². The number of fused-ring (bicyclic) bond motifs is 1. The van der Waals surface area contributed by atoms with Crippen molar-refractivity contribution in [2.24, 2.45) is 0 Å². The summed E-state index contributed by atoms with van der Waals surface area (Å²) in [5, 5.41) is 5.03. The quantitative estimate of drug-likeness (QED) is 0.677. The lowest BCUT2D eigenvalue weighted by Gasteiger charge is -2.14. The molecular weight excluding hydrogens is 344 g/mol. The van der Waals surface area contributed by atoms with Crippen LogP contribution in [0.1, 0.15) is 21.4 Å². The maximum absolute atomic E-state index is 12.3. The van der Waals surface area contributed by atoms with Gasteiger partial charge in [0.25, 0.3) is 5.91 Å². The van der Waals surface area contributed by atoms with Crippen molar-refractivity contribution in [1.29, 1.82) is 0 Å². The minimum absolute atomic E-state index is 0.00604. The Labute approximate surface area is 153 Å². The van der Waals surface area contributed by atoms with E-state index in [1.807, 2.05) is 16.8 Å². The second-order valence-corrected chi connectivity index (χ2v) is 5.42. The van der Waals surface area contributed by atoms with Gasteiger partial charge in [0.2, 0.25) is 0 Å². The molecule has 2 N–H and O–H groups in total. The van der Waals surface area contributed by atoms with E-state index in [1.165, 1.54) is 19.4 Å². The van der Waals surface area contributed by atoms with Crippen LogP contribution >= 0.6 is 11.6 Å². The molecule has 0 radical (unpaired) electrons. The molecule has 3 aromatic heterocycles. The van der Waals surface area contributed by atoms with Gasteiger partial charge in [-0.3, -0.25) is 4.79 Å². The number of ether oxygens (including phenoxy) is 1.